The molecule has 184 valence electrons. The van der Waals surface area contributed by atoms with Gasteiger partial charge in [-0.3, -0.25) is 19.3 Å². The quantitative estimate of drug-likeness (QED) is 0.482. The van der Waals surface area contributed by atoms with Crippen molar-refractivity contribution in [2.45, 2.75) is 6.61 Å². The molecule has 35 heavy (non-hydrogen) atoms. The summed E-state index contributed by atoms with van der Waals surface area (Å²) in [7, 11) is 1.48. The van der Waals surface area contributed by atoms with Crippen molar-refractivity contribution in [1.29, 1.82) is 0 Å². The van der Waals surface area contributed by atoms with E-state index < -0.39 is 11.1 Å². The number of carbonyl (C=O) groups excluding carboxylic acids is 3. The van der Waals surface area contributed by atoms with Gasteiger partial charge in [-0.25, -0.2) is 0 Å². The maximum atomic E-state index is 12.9. The van der Waals surface area contributed by atoms with Gasteiger partial charge in [-0.2, -0.15) is 0 Å². The molecule has 0 aliphatic carbocycles. The lowest BCUT2D eigenvalue weighted by molar-refractivity contribution is -0.139. The van der Waals surface area contributed by atoms with Gasteiger partial charge in [-0.05, 0) is 53.2 Å². The molecule has 0 spiro atoms. The SMILES string of the molecule is COc1cc(/C=C2\SC(=O)N(CC(=O)N3CCOCC3)C2=O)cc(Cl)c1OCc1ccc(Cl)cc1. The van der Waals surface area contributed by atoms with Crippen molar-refractivity contribution in [3.05, 3.63) is 62.5 Å². The number of hydrogen-bond acceptors (Lipinski definition) is 7. The number of thioether (sulfide) groups is 1. The van der Waals surface area contributed by atoms with Crippen molar-refractivity contribution in [2.24, 2.45) is 0 Å². The van der Waals surface area contributed by atoms with Crippen LogP contribution < -0.4 is 9.47 Å². The third-order valence-electron chi connectivity index (χ3n) is 5.38. The monoisotopic (exact) mass is 536 g/mol. The van der Waals surface area contributed by atoms with E-state index in [-0.39, 0.29) is 29.0 Å². The first-order valence-electron chi connectivity index (χ1n) is 10.7. The van der Waals surface area contributed by atoms with Crippen molar-refractivity contribution in [1.82, 2.24) is 9.80 Å². The Labute approximate surface area is 216 Å². The van der Waals surface area contributed by atoms with E-state index >= 15 is 0 Å². The van der Waals surface area contributed by atoms with E-state index in [4.69, 9.17) is 37.4 Å². The number of nitrogens with zero attached hydrogens (tertiary/aromatic N) is 2. The third kappa shape index (κ3) is 6.10. The van der Waals surface area contributed by atoms with Crippen molar-refractivity contribution < 1.29 is 28.6 Å². The zero-order chi connectivity index (χ0) is 24.9. The molecule has 2 aromatic carbocycles. The first-order valence-corrected chi connectivity index (χ1v) is 12.3. The van der Waals surface area contributed by atoms with E-state index in [1.165, 1.54) is 7.11 Å². The molecule has 3 amide bonds. The molecule has 2 fully saturated rings. The highest BCUT2D eigenvalue weighted by Crippen LogP contribution is 2.39. The van der Waals surface area contributed by atoms with Gasteiger partial charge in [0.2, 0.25) is 5.91 Å². The van der Waals surface area contributed by atoms with E-state index in [0.29, 0.717) is 48.4 Å². The molecule has 0 atom stereocenters. The smallest absolute Gasteiger partial charge is 0.294 e. The minimum Gasteiger partial charge on any atom is -0.493 e. The van der Waals surface area contributed by atoms with Crippen LogP contribution in [0.3, 0.4) is 0 Å². The fourth-order valence-corrected chi connectivity index (χ4v) is 4.77. The largest absolute Gasteiger partial charge is 0.493 e. The number of morpholine rings is 1. The Morgan fingerprint density at radius 2 is 1.86 bits per heavy atom. The Morgan fingerprint density at radius 3 is 2.54 bits per heavy atom. The second kappa shape index (κ2) is 11.3. The van der Waals surface area contributed by atoms with E-state index in [1.54, 1.807) is 35.2 Å². The Hall–Kier alpha value is -2.72. The Bertz CT molecular complexity index is 1170. The summed E-state index contributed by atoms with van der Waals surface area (Å²) in [5.74, 6) is -0.0894. The summed E-state index contributed by atoms with van der Waals surface area (Å²) in [6.45, 7) is 1.71. The predicted molar refractivity (Wildman–Crippen MR) is 134 cm³/mol. The lowest BCUT2D eigenvalue weighted by Crippen LogP contribution is -2.46. The van der Waals surface area contributed by atoms with Crippen LogP contribution in [0, 0.1) is 0 Å². The van der Waals surface area contributed by atoms with Gasteiger partial charge in [0.25, 0.3) is 11.1 Å². The molecular weight excluding hydrogens is 515 g/mol. The molecular formula is C24H22Cl2N2O6S. The molecule has 8 nitrogen and oxygen atoms in total. The molecule has 2 saturated heterocycles. The summed E-state index contributed by atoms with van der Waals surface area (Å²) in [6.07, 6.45) is 1.54. The minimum atomic E-state index is -0.528. The summed E-state index contributed by atoms with van der Waals surface area (Å²) >= 11 is 13.1. The second-order valence-corrected chi connectivity index (χ2v) is 9.55. The van der Waals surface area contributed by atoms with Crippen LogP contribution in [0.4, 0.5) is 4.79 Å². The topological polar surface area (TPSA) is 85.4 Å². The van der Waals surface area contributed by atoms with Crippen LogP contribution in [0.15, 0.2) is 41.3 Å². The molecule has 0 N–H and O–H groups in total. The van der Waals surface area contributed by atoms with Gasteiger partial charge in [0.05, 0.1) is 30.3 Å². The van der Waals surface area contributed by atoms with Crippen molar-refractivity contribution >= 4 is 58.1 Å². The first-order chi connectivity index (χ1) is 16.9. The lowest BCUT2D eigenvalue weighted by atomic mass is 10.1. The summed E-state index contributed by atoms with van der Waals surface area (Å²) in [6, 6.07) is 10.5. The van der Waals surface area contributed by atoms with E-state index in [0.717, 1.165) is 22.2 Å². The summed E-state index contributed by atoms with van der Waals surface area (Å²) in [4.78, 5) is 40.5. The Kier molecular flexibility index (Phi) is 8.22. The number of methoxy groups -OCH3 is 1. The minimum absolute atomic E-state index is 0.192. The number of halogens is 2. The molecule has 11 heteroatoms. The highest BCUT2D eigenvalue weighted by molar-refractivity contribution is 8.18. The fraction of sp³-hybridized carbons (Fsp3) is 0.292. The highest BCUT2D eigenvalue weighted by atomic mass is 35.5. The van der Waals surface area contributed by atoms with Crippen LogP contribution in [-0.4, -0.2) is 66.8 Å². The van der Waals surface area contributed by atoms with Gasteiger partial charge in [-0.1, -0.05) is 35.3 Å². The van der Waals surface area contributed by atoms with Crippen molar-refractivity contribution in [3.63, 3.8) is 0 Å². The summed E-state index contributed by atoms with van der Waals surface area (Å²) < 4.78 is 16.5. The molecule has 2 aliphatic rings. The zero-order valence-electron chi connectivity index (χ0n) is 18.8. The summed E-state index contributed by atoms with van der Waals surface area (Å²) in [5.41, 5.74) is 1.45. The molecule has 2 heterocycles. The number of carbonyl (C=O) groups is 3. The zero-order valence-corrected chi connectivity index (χ0v) is 21.1. The van der Waals surface area contributed by atoms with Crippen molar-refractivity contribution in [2.75, 3.05) is 40.0 Å². The average Bonchev–Trinajstić information content (AvgIpc) is 3.11. The fourth-order valence-electron chi connectivity index (χ4n) is 3.54. The highest BCUT2D eigenvalue weighted by Gasteiger charge is 2.37. The maximum absolute atomic E-state index is 12.9. The van der Waals surface area contributed by atoms with Gasteiger partial charge in [0, 0.05) is 18.1 Å². The first kappa shape index (κ1) is 25.4. The standard InChI is InChI=1S/C24H22Cl2N2O6S/c1-32-19-11-16(10-18(26)22(19)34-14-15-2-4-17(25)5-3-15)12-20-23(30)28(24(31)35-20)13-21(29)27-6-8-33-9-7-27/h2-5,10-12H,6-9,13-14H2,1H3/b20-12-. The van der Waals surface area contributed by atoms with Crippen LogP contribution in [0.25, 0.3) is 6.08 Å². The normalized spacial score (nSPS) is 17.3. The number of imide groups is 1. The molecule has 0 radical (unpaired) electrons. The van der Waals surface area contributed by atoms with Crippen LogP contribution >= 0.6 is 35.0 Å². The molecule has 0 unspecified atom stereocenters. The number of benzene rings is 2. The Balaban J connectivity index is 1.47. The number of amides is 3. The van der Waals surface area contributed by atoms with E-state index in [2.05, 4.69) is 0 Å². The predicted octanol–water partition coefficient (Wildman–Crippen LogP) is 4.48. The van der Waals surface area contributed by atoms with E-state index in [1.807, 2.05) is 12.1 Å². The second-order valence-electron chi connectivity index (χ2n) is 7.71. The average molecular weight is 537 g/mol. The molecule has 2 aromatic rings. The molecule has 2 aliphatic heterocycles. The van der Waals surface area contributed by atoms with Gasteiger partial charge >= 0.3 is 0 Å². The van der Waals surface area contributed by atoms with Gasteiger partial charge in [0.15, 0.2) is 11.5 Å². The summed E-state index contributed by atoms with van der Waals surface area (Å²) in [5, 5.41) is 0.415. The van der Waals surface area contributed by atoms with Crippen molar-refractivity contribution in [3.8, 4) is 11.5 Å². The number of hydrogen-bond donors (Lipinski definition) is 0. The van der Waals surface area contributed by atoms with Crippen LogP contribution in [0.2, 0.25) is 10.0 Å². The van der Waals surface area contributed by atoms with Gasteiger partial charge in [-0.15, -0.1) is 0 Å². The number of rotatable bonds is 7. The molecule has 0 aromatic heterocycles. The van der Waals surface area contributed by atoms with E-state index in [9.17, 15) is 14.4 Å². The molecule has 0 bridgehead atoms. The van der Waals surface area contributed by atoms with Gasteiger partial charge in [0.1, 0.15) is 13.2 Å². The lowest BCUT2D eigenvalue weighted by Gasteiger charge is -2.28. The Morgan fingerprint density at radius 1 is 1.14 bits per heavy atom. The van der Waals surface area contributed by atoms with Crippen LogP contribution in [0.1, 0.15) is 11.1 Å². The van der Waals surface area contributed by atoms with Crippen LogP contribution in [-0.2, 0) is 20.9 Å². The molecule has 0 saturated carbocycles. The maximum Gasteiger partial charge on any atom is 0.294 e. The third-order valence-corrected chi connectivity index (χ3v) is 6.82. The number of ether oxygens (including phenoxy) is 3. The van der Waals surface area contributed by atoms with Gasteiger partial charge < -0.3 is 19.1 Å². The molecule has 4 rings (SSSR count). The van der Waals surface area contributed by atoms with Crippen LogP contribution in [0.5, 0.6) is 11.5 Å².